The number of carbonyl (C=O) groups is 3. The molecule has 0 aliphatic carbocycles. The predicted molar refractivity (Wildman–Crippen MR) is 73.6 cm³/mol. The van der Waals surface area contributed by atoms with Crippen molar-refractivity contribution in [2.45, 2.75) is 20.0 Å². The number of hydrogen-bond donors (Lipinski definition) is 1. The highest BCUT2D eigenvalue weighted by molar-refractivity contribution is 6.21. The molecule has 7 heteroatoms. The molecular formula is C15H16FNO5. The lowest BCUT2D eigenvalue weighted by Crippen LogP contribution is -2.42. The van der Waals surface area contributed by atoms with Gasteiger partial charge in [0.05, 0.1) is 23.8 Å². The Hall–Kier alpha value is -2.28. The third-order valence-electron chi connectivity index (χ3n) is 3.50. The molecule has 22 heavy (non-hydrogen) atoms. The maximum Gasteiger partial charge on any atom is 0.313 e. The van der Waals surface area contributed by atoms with Crippen LogP contribution in [0.25, 0.3) is 0 Å². The second-order valence-corrected chi connectivity index (χ2v) is 4.98. The van der Waals surface area contributed by atoms with Crippen molar-refractivity contribution in [3.8, 4) is 0 Å². The lowest BCUT2D eigenvalue weighted by molar-refractivity contribution is -0.151. The molecule has 2 atom stereocenters. The molecule has 118 valence electrons. The first-order valence-corrected chi connectivity index (χ1v) is 6.87. The highest BCUT2D eigenvalue weighted by atomic mass is 19.1. The number of amides is 2. The Bertz CT molecular complexity index is 628. The van der Waals surface area contributed by atoms with E-state index in [0.29, 0.717) is 0 Å². The lowest BCUT2D eigenvalue weighted by Gasteiger charge is -2.23. The second kappa shape index (κ2) is 6.23. The van der Waals surface area contributed by atoms with Gasteiger partial charge >= 0.3 is 5.97 Å². The average molecular weight is 309 g/mol. The van der Waals surface area contributed by atoms with E-state index in [1.54, 1.807) is 6.92 Å². The van der Waals surface area contributed by atoms with Crippen molar-refractivity contribution in [3.05, 3.63) is 35.1 Å². The first-order valence-electron chi connectivity index (χ1n) is 6.87. The fourth-order valence-corrected chi connectivity index (χ4v) is 2.33. The van der Waals surface area contributed by atoms with E-state index in [2.05, 4.69) is 0 Å². The third kappa shape index (κ3) is 2.71. The van der Waals surface area contributed by atoms with E-state index in [0.717, 1.165) is 11.0 Å². The molecule has 0 bridgehead atoms. The maximum absolute atomic E-state index is 13.7. The van der Waals surface area contributed by atoms with Gasteiger partial charge < -0.3 is 9.84 Å². The van der Waals surface area contributed by atoms with Crippen LogP contribution < -0.4 is 0 Å². The van der Waals surface area contributed by atoms with Gasteiger partial charge in [-0.05, 0) is 26.0 Å². The summed E-state index contributed by atoms with van der Waals surface area (Å²) in [7, 11) is 0. The molecule has 1 aliphatic heterocycles. The molecule has 0 fully saturated rings. The van der Waals surface area contributed by atoms with E-state index in [9.17, 15) is 23.9 Å². The van der Waals surface area contributed by atoms with Gasteiger partial charge in [0.15, 0.2) is 0 Å². The Morgan fingerprint density at radius 3 is 2.59 bits per heavy atom. The molecule has 2 amide bonds. The SMILES string of the molecule is CCOC(=O)[C@@H](CN1C(=O)c2cccc(F)c2C1=O)[C@@H](C)O. The molecule has 2 rings (SSSR count). The summed E-state index contributed by atoms with van der Waals surface area (Å²) in [5, 5.41) is 9.69. The molecule has 0 saturated heterocycles. The zero-order valence-electron chi connectivity index (χ0n) is 12.2. The first kappa shape index (κ1) is 16.1. The Balaban J connectivity index is 2.27. The number of ether oxygens (including phenoxy) is 1. The minimum Gasteiger partial charge on any atom is -0.466 e. The van der Waals surface area contributed by atoms with Crippen molar-refractivity contribution < 1.29 is 28.6 Å². The molecule has 1 N–H and O–H groups in total. The number of hydrogen-bond acceptors (Lipinski definition) is 5. The number of rotatable bonds is 5. The molecule has 1 aliphatic rings. The maximum atomic E-state index is 13.7. The quantitative estimate of drug-likeness (QED) is 0.647. The van der Waals surface area contributed by atoms with Crippen molar-refractivity contribution >= 4 is 17.8 Å². The molecule has 6 nitrogen and oxygen atoms in total. The van der Waals surface area contributed by atoms with Gasteiger partial charge in [0.1, 0.15) is 11.7 Å². The van der Waals surface area contributed by atoms with Gasteiger partial charge in [-0.2, -0.15) is 0 Å². The number of nitrogens with zero attached hydrogens (tertiary/aromatic N) is 1. The van der Waals surface area contributed by atoms with Crippen LogP contribution in [0.1, 0.15) is 34.6 Å². The summed E-state index contributed by atoms with van der Waals surface area (Å²) < 4.78 is 18.5. The van der Waals surface area contributed by atoms with E-state index >= 15 is 0 Å². The average Bonchev–Trinajstić information content (AvgIpc) is 2.69. The molecule has 1 aromatic carbocycles. The van der Waals surface area contributed by atoms with Crippen LogP contribution in [0.3, 0.4) is 0 Å². The normalized spacial score (nSPS) is 16.5. The monoisotopic (exact) mass is 309 g/mol. The molecule has 0 saturated carbocycles. The Morgan fingerprint density at radius 1 is 1.36 bits per heavy atom. The molecule has 1 heterocycles. The fraction of sp³-hybridized carbons (Fsp3) is 0.400. The number of aliphatic hydroxyl groups is 1. The van der Waals surface area contributed by atoms with Crippen molar-refractivity contribution in [3.63, 3.8) is 0 Å². The summed E-state index contributed by atoms with van der Waals surface area (Å²) in [6, 6.07) is 3.77. The summed E-state index contributed by atoms with van der Waals surface area (Å²) in [5.41, 5.74) is -0.348. The third-order valence-corrected chi connectivity index (χ3v) is 3.50. The van der Waals surface area contributed by atoms with Crippen LogP contribution in [0.2, 0.25) is 0 Å². The van der Waals surface area contributed by atoms with Crippen LogP contribution >= 0.6 is 0 Å². The molecule has 0 spiro atoms. The van der Waals surface area contributed by atoms with Crippen LogP contribution in [0.15, 0.2) is 18.2 Å². The fourth-order valence-electron chi connectivity index (χ4n) is 2.33. The molecular weight excluding hydrogens is 293 g/mol. The van der Waals surface area contributed by atoms with Gasteiger partial charge in [-0.1, -0.05) is 6.07 Å². The van der Waals surface area contributed by atoms with E-state index in [1.165, 1.54) is 19.1 Å². The molecule has 0 unspecified atom stereocenters. The zero-order chi connectivity index (χ0) is 16.4. The summed E-state index contributed by atoms with van der Waals surface area (Å²) in [4.78, 5) is 37.0. The second-order valence-electron chi connectivity index (χ2n) is 4.98. The van der Waals surface area contributed by atoms with Crippen molar-refractivity contribution in [2.75, 3.05) is 13.2 Å². The molecule has 1 aromatic rings. The Kier molecular flexibility index (Phi) is 4.56. The van der Waals surface area contributed by atoms with Crippen molar-refractivity contribution in [1.82, 2.24) is 4.90 Å². The number of carbonyl (C=O) groups excluding carboxylic acids is 3. The topological polar surface area (TPSA) is 83.9 Å². The largest absolute Gasteiger partial charge is 0.466 e. The Morgan fingerprint density at radius 2 is 2.05 bits per heavy atom. The van der Waals surface area contributed by atoms with Crippen LogP contribution in [0.4, 0.5) is 4.39 Å². The van der Waals surface area contributed by atoms with Gasteiger partial charge in [0, 0.05) is 6.54 Å². The van der Waals surface area contributed by atoms with Crippen LogP contribution in [-0.2, 0) is 9.53 Å². The standard InChI is InChI=1S/C15H16FNO5/c1-3-22-15(21)10(8(2)18)7-17-13(19)9-5-4-6-11(16)12(9)14(17)20/h4-6,8,10,18H,3,7H2,1-2H3/t8-,10+/m1/s1. The van der Waals surface area contributed by atoms with Gasteiger partial charge in [-0.15, -0.1) is 0 Å². The van der Waals surface area contributed by atoms with E-state index in [-0.39, 0.29) is 24.3 Å². The summed E-state index contributed by atoms with van der Waals surface area (Å²) in [6.07, 6.45) is -1.12. The van der Waals surface area contributed by atoms with E-state index < -0.39 is 35.6 Å². The van der Waals surface area contributed by atoms with Crippen LogP contribution in [0.5, 0.6) is 0 Å². The minimum absolute atomic E-state index is 0.0433. The van der Waals surface area contributed by atoms with E-state index in [1.807, 2.05) is 0 Å². The number of imide groups is 1. The highest BCUT2D eigenvalue weighted by Gasteiger charge is 2.41. The highest BCUT2D eigenvalue weighted by Crippen LogP contribution is 2.26. The van der Waals surface area contributed by atoms with E-state index in [4.69, 9.17) is 4.74 Å². The van der Waals surface area contributed by atoms with Gasteiger partial charge in [-0.25, -0.2) is 4.39 Å². The molecule has 0 aromatic heterocycles. The summed E-state index contributed by atoms with van der Waals surface area (Å²) >= 11 is 0. The minimum atomic E-state index is -1.12. The van der Waals surface area contributed by atoms with Crippen LogP contribution in [-0.4, -0.2) is 47.0 Å². The van der Waals surface area contributed by atoms with Gasteiger partial charge in [0.2, 0.25) is 0 Å². The van der Waals surface area contributed by atoms with Crippen molar-refractivity contribution in [2.24, 2.45) is 5.92 Å². The number of fused-ring (bicyclic) bond motifs is 1. The van der Waals surface area contributed by atoms with Crippen molar-refractivity contribution in [1.29, 1.82) is 0 Å². The number of benzene rings is 1. The first-order chi connectivity index (χ1) is 10.4. The number of halogens is 1. The van der Waals surface area contributed by atoms with Gasteiger partial charge in [-0.3, -0.25) is 19.3 Å². The number of aliphatic hydroxyl groups excluding tert-OH is 1. The predicted octanol–water partition coefficient (Wildman–Crippen LogP) is 0.982. The number of esters is 1. The van der Waals surface area contributed by atoms with Gasteiger partial charge in [0.25, 0.3) is 11.8 Å². The summed E-state index contributed by atoms with van der Waals surface area (Å²) in [6.45, 7) is 2.72. The molecule has 0 radical (unpaired) electrons. The summed E-state index contributed by atoms with van der Waals surface area (Å²) in [5.74, 6) is -4.08. The Labute approximate surface area is 126 Å². The lowest BCUT2D eigenvalue weighted by atomic mass is 10.0. The zero-order valence-corrected chi connectivity index (χ0v) is 12.2. The van der Waals surface area contributed by atoms with Crippen LogP contribution in [0, 0.1) is 11.7 Å². The smallest absolute Gasteiger partial charge is 0.313 e.